The molecular weight excluding hydrogens is 274 g/mol. The molecule has 112 valence electrons. The second-order valence-corrected chi connectivity index (χ2v) is 5.86. The number of hydrogen-bond donors (Lipinski definition) is 0. The van der Waals surface area contributed by atoms with Crippen LogP contribution < -0.4 is 9.47 Å². The van der Waals surface area contributed by atoms with Crippen molar-refractivity contribution in [3.05, 3.63) is 65.2 Å². The molecule has 0 fully saturated rings. The van der Waals surface area contributed by atoms with Gasteiger partial charge >= 0.3 is 0 Å². The predicted molar refractivity (Wildman–Crippen MR) is 87.1 cm³/mol. The topological polar surface area (TPSA) is 21.7 Å². The average molecular weight is 293 g/mol. The van der Waals surface area contributed by atoms with E-state index in [-0.39, 0.29) is 0 Å². The Labute approximate surface area is 130 Å². The minimum absolute atomic E-state index is 0.504. The van der Waals surface area contributed by atoms with Crippen LogP contribution in [0, 0.1) is 0 Å². The third-order valence-electron chi connectivity index (χ3n) is 4.66. The van der Waals surface area contributed by atoms with Crippen LogP contribution in [0.2, 0.25) is 0 Å². The Morgan fingerprint density at radius 1 is 1.18 bits per heavy atom. The lowest BCUT2D eigenvalue weighted by atomic mass is 9.87. The van der Waals surface area contributed by atoms with Crippen molar-refractivity contribution in [3.8, 4) is 11.5 Å². The van der Waals surface area contributed by atoms with Crippen molar-refractivity contribution in [1.29, 1.82) is 0 Å². The Kier molecular flexibility index (Phi) is 2.98. The summed E-state index contributed by atoms with van der Waals surface area (Å²) < 4.78 is 11.8. The summed E-state index contributed by atoms with van der Waals surface area (Å²) in [6.07, 6.45) is 5.35. The molecule has 0 amide bonds. The Morgan fingerprint density at radius 3 is 2.91 bits per heavy atom. The van der Waals surface area contributed by atoms with Crippen molar-refractivity contribution >= 4 is 6.08 Å². The smallest absolute Gasteiger partial charge is 0.209 e. The van der Waals surface area contributed by atoms with E-state index in [1.165, 1.54) is 11.1 Å². The molecule has 2 heterocycles. The fourth-order valence-electron chi connectivity index (χ4n) is 3.38. The Bertz CT molecular complexity index is 753. The minimum atomic E-state index is -0.504. The van der Waals surface area contributed by atoms with Crippen LogP contribution in [-0.4, -0.2) is 25.6 Å². The summed E-state index contributed by atoms with van der Waals surface area (Å²) in [6, 6.07) is 14.5. The van der Waals surface area contributed by atoms with E-state index in [1.54, 1.807) is 7.11 Å². The number of fused-ring (bicyclic) bond motifs is 3. The van der Waals surface area contributed by atoms with Crippen molar-refractivity contribution in [1.82, 2.24) is 4.90 Å². The van der Waals surface area contributed by atoms with Gasteiger partial charge in [0.1, 0.15) is 11.5 Å². The average Bonchev–Trinajstić information content (AvgIpc) is 2.58. The highest BCUT2D eigenvalue weighted by Gasteiger charge is 2.42. The molecule has 0 saturated heterocycles. The summed E-state index contributed by atoms with van der Waals surface area (Å²) >= 11 is 0. The highest BCUT2D eigenvalue weighted by molar-refractivity contribution is 5.64. The zero-order valence-corrected chi connectivity index (χ0v) is 12.9. The van der Waals surface area contributed by atoms with Crippen molar-refractivity contribution in [2.45, 2.75) is 12.1 Å². The molecule has 2 aromatic rings. The van der Waals surface area contributed by atoms with Gasteiger partial charge in [0.05, 0.1) is 7.11 Å². The molecule has 2 aromatic carbocycles. The molecule has 22 heavy (non-hydrogen) atoms. The monoisotopic (exact) mass is 293 g/mol. The van der Waals surface area contributed by atoms with Gasteiger partial charge in [-0.3, -0.25) is 4.90 Å². The molecule has 0 saturated carbocycles. The van der Waals surface area contributed by atoms with Gasteiger partial charge in [-0.15, -0.1) is 0 Å². The zero-order valence-electron chi connectivity index (χ0n) is 12.9. The van der Waals surface area contributed by atoms with Gasteiger partial charge in [-0.05, 0) is 49.4 Å². The van der Waals surface area contributed by atoms with Gasteiger partial charge < -0.3 is 9.47 Å². The minimum Gasteiger partial charge on any atom is -0.497 e. The van der Waals surface area contributed by atoms with Crippen LogP contribution in [0.25, 0.3) is 6.08 Å². The molecule has 0 aliphatic carbocycles. The number of hydrogen-bond acceptors (Lipinski definition) is 3. The van der Waals surface area contributed by atoms with Crippen molar-refractivity contribution in [2.24, 2.45) is 0 Å². The maximum atomic E-state index is 6.48. The molecule has 0 bridgehead atoms. The number of benzene rings is 2. The van der Waals surface area contributed by atoms with E-state index >= 15 is 0 Å². The van der Waals surface area contributed by atoms with Crippen molar-refractivity contribution in [2.75, 3.05) is 20.7 Å². The first-order valence-electron chi connectivity index (χ1n) is 7.59. The van der Waals surface area contributed by atoms with E-state index in [9.17, 15) is 0 Å². The molecule has 2 aliphatic rings. The molecule has 4 rings (SSSR count). The molecule has 0 N–H and O–H groups in total. The number of ether oxygens (including phenoxy) is 2. The SMILES string of the molecule is COc1ccc2c(c1)C=CC1(O2)c2ccccc2CCN1C. The number of nitrogens with zero attached hydrogens (tertiary/aromatic N) is 1. The van der Waals surface area contributed by atoms with Crippen LogP contribution in [0.5, 0.6) is 11.5 Å². The van der Waals surface area contributed by atoms with Crippen LogP contribution in [0.4, 0.5) is 0 Å². The van der Waals surface area contributed by atoms with Crippen LogP contribution in [0.3, 0.4) is 0 Å². The molecule has 1 spiro atoms. The van der Waals surface area contributed by atoms with Crippen molar-refractivity contribution < 1.29 is 9.47 Å². The van der Waals surface area contributed by atoms with E-state index in [2.05, 4.69) is 48.4 Å². The van der Waals surface area contributed by atoms with Crippen LogP contribution in [0.1, 0.15) is 16.7 Å². The highest BCUT2D eigenvalue weighted by Crippen LogP contribution is 2.43. The standard InChI is InChI=1S/C19H19NO2/c1-20-12-10-14-5-3-4-6-17(14)19(20)11-9-15-13-16(21-2)7-8-18(15)22-19/h3-9,11,13H,10,12H2,1-2H3. The highest BCUT2D eigenvalue weighted by atomic mass is 16.5. The lowest BCUT2D eigenvalue weighted by molar-refractivity contribution is -0.0439. The van der Waals surface area contributed by atoms with E-state index in [1.807, 2.05) is 18.2 Å². The summed E-state index contributed by atoms with van der Waals surface area (Å²) in [6.45, 7) is 0.979. The fraction of sp³-hybridized carbons (Fsp3) is 0.263. The normalized spacial score (nSPS) is 22.8. The first-order valence-corrected chi connectivity index (χ1v) is 7.59. The molecule has 1 atom stereocenters. The van der Waals surface area contributed by atoms with E-state index < -0.39 is 5.72 Å². The zero-order chi connectivity index (χ0) is 15.2. The van der Waals surface area contributed by atoms with Crippen LogP contribution in [0.15, 0.2) is 48.5 Å². The Hall–Kier alpha value is -2.26. The quantitative estimate of drug-likeness (QED) is 0.804. The largest absolute Gasteiger partial charge is 0.497 e. The summed E-state index contributed by atoms with van der Waals surface area (Å²) in [4.78, 5) is 2.28. The second-order valence-electron chi connectivity index (χ2n) is 5.86. The lowest BCUT2D eigenvalue weighted by Gasteiger charge is -2.45. The third-order valence-corrected chi connectivity index (χ3v) is 4.66. The Balaban J connectivity index is 1.84. The molecule has 3 heteroatoms. The van der Waals surface area contributed by atoms with Crippen molar-refractivity contribution in [3.63, 3.8) is 0 Å². The number of rotatable bonds is 1. The molecule has 0 radical (unpaired) electrons. The fourth-order valence-corrected chi connectivity index (χ4v) is 3.38. The predicted octanol–water partition coefficient (Wildman–Crippen LogP) is 3.44. The summed E-state index contributed by atoms with van der Waals surface area (Å²) in [5, 5.41) is 0. The maximum absolute atomic E-state index is 6.48. The summed E-state index contributed by atoms with van der Waals surface area (Å²) in [5.74, 6) is 1.74. The van der Waals surface area contributed by atoms with Gasteiger partial charge in [0, 0.05) is 17.7 Å². The molecule has 3 nitrogen and oxygen atoms in total. The summed E-state index contributed by atoms with van der Waals surface area (Å²) in [7, 11) is 3.80. The molecule has 0 aromatic heterocycles. The Morgan fingerprint density at radius 2 is 2.05 bits per heavy atom. The van der Waals surface area contributed by atoms with Gasteiger partial charge in [0.15, 0.2) is 0 Å². The van der Waals surface area contributed by atoms with Gasteiger partial charge in [-0.2, -0.15) is 0 Å². The summed E-state index contributed by atoms with van der Waals surface area (Å²) in [5.41, 5.74) is 3.15. The molecule has 1 unspecified atom stereocenters. The van der Waals surface area contributed by atoms with Gasteiger partial charge in [-0.1, -0.05) is 24.3 Å². The first-order chi connectivity index (χ1) is 10.7. The molecule has 2 aliphatic heterocycles. The van der Waals surface area contributed by atoms with Gasteiger partial charge in [0.2, 0.25) is 5.72 Å². The van der Waals surface area contributed by atoms with Gasteiger partial charge in [0.25, 0.3) is 0 Å². The molecular formula is C19H19NO2. The van der Waals surface area contributed by atoms with E-state index in [4.69, 9.17) is 9.47 Å². The maximum Gasteiger partial charge on any atom is 0.209 e. The third kappa shape index (κ3) is 1.86. The van der Waals surface area contributed by atoms with Crippen LogP contribution in [-0.2, 0) is 12.1 Å². The lowest BCUT2D eigenvalue weighted by Crippen LogP contribution is -2.52. The van der Waals surface area contributed by atoms with Gasteiger partial charge in [-0.25, -0.2) is 0 Å². The van der Waals surface area contributed by atoms with Crippen LogP contribution >= 0.6 is 0 Å². The van der Waals surface area contributed by atoms with E-state index in [0.717, 1.165) is 30.0 Å². The second kappa shape index (κ2) is 4.89. The number of methoxy groups -OCH3 is 1. The van der Waals surface area contributed by atoms with E-state index in [0.29, 0.717) is 0 Å². The number of likely N-dealkylation sites (N-methyl/N-ethyl adjacent to an activating group) is 1. The first kappa shape index (κ1) is 13.4.